The Bertz CT molecular complexity index is 751. The smallest absolute Gasteiger partial charge is 0.251 e. The summed E-state index contributed by atoms with van der Waals surface area (Å²) < 4.78 is 19.1. The highest BCUT2D eigenvalue weighted by Crippen LogP contribution is 2.27. The van der Waals surface area contributed by atoms with Gasteiger partial charge < -0.3 is 15.0 Å². The summed E-state index contributed by atoms with van der Waals surface area (Å²) in [7, 11) is 0. The summed E-state index contributed by atoms with van der Waals surface area (Å²) in [6.45, 7) is 3.27. The Morgan fingerprint density at radius 3 is 2.68 bits per heavy atom. The molecule has 0 saturated carbocycles. The van der Waals surface area contributed by atoms with Gasteiger partial charge in [-0.2, -0.15) is 0 Å². The zero-order chi connectivity index (χ0) is 17.2. The van der Waals surface area contributed by atoms with E-state index in [0.717, 1.165) is 25.4 Å². The van der Waals surface area contributed by atoms with Crippen molar-refractivity contribution in [1.29, 1.82) is 0 Å². The molecule has 0 aromatic heterocycles. The van der Waals surface area contributed by atoms with E-state index in [2.05, 4.69) is 10.2 Å². The molecule has 2 saturated heterocycles. The van der Waals surface area contributed by atoms with Gasteiger partial charge in [-0.3, -0.25) is 4.79 Å². The molecule has 2 aromatic carbocycles. The summed E-state index contributed by atoms with van der Waals surface area (Å²) in [5, 5.41) is 3.13. The number of benzene rings is 2. The number of fused-ring (bicyclic) bond motifs is 2. The van der Waals surface area contributed by atoms with Crippen molar-refractivity contribution in [2.45, 2.75) is 18.9 Å². The largest absolute Gasteiger partial charge is 0.454 e. The Kier molecular flexibility index (Phi) is 4.40. The van der Waals surface area contributed by atoms with Gasteiger partial charge >= 0.3 is 0 Å². The van der Waals surface area contributed by atoms with Crippen LogP contribution in [0.3, 0.4) is 0 Å². The van der Waals surface area contributed by atoms with Gasteiger partial charge in [0.2, 0.25) is 0 Å². The van der Waals surface area contributed by atoms with Gasteiger partial charge in [0.05, 0.1) is 0 Å². The number of piperidine rings is 1. The van der Waals surface area contributed by atoms with Crippen molar-refractivity contribution in [3.05, 3.63) is 59.9 Å². The van der Waals surface area contributed by atoms with Gasteiger partial charge in [-0.05, 0) is 61.7 Å². The van der Waals surface area contributed by atoms with E-state index in [0.29, 0.717) is 11.3 Å². The molecule has 4 nitrogen and oxygen atoms in total. The molecule has 3 atom stereocenters. The van der Waals surface area contributed by atoms with Crippen molar-refractivity contribution in [3.63, 3.8) is 0 Å². The molecule has 5 heteroatoms. The molecule has 25 heavy (non-hydrogen) atoms. The standard InChI is InChI=1S/C20H21FN2O2/c21-18-3-1-2-4-19(18)25-17-7-5-15(6-8-17)20(24)22-16-11-14-9-10-23(12-14)13-16/h1-8,14,16H,9-13H2,(H,22,24)/t14-,16-/m1/s1. The van der Waals surface area contributed by atoms with Crippen LogP contribution in [0.5, 0.6) is 11.5 Å². The van der Waals surface area contributed by atoms with Gasteiger partial charge in [-0.25, -0.2) is 4.39 Å². The number of carbonyl (C=O) groups is 1. The van der Waals surface area contributed by atoms with Gasteiger partial charge in [0, 0.05) is 24.7 Å². The Hall–Kier alpha value is -2.40. The maximum atomic E-state index is 13.6. The predicted molar refractivity (Wildman–Crippen MR) is 93.3 cm³/mol. The van der Waals surface area contributed by atoms with E-state index in [1.54, 1.807) is 42.5 Å². The topological polar surface area (TPSA) is 41.6 Å². The summed E-state index contributed by atoms with van der Waals surface area (Å²) >= 11 is 0. The Balaban J connectivity index is 1.38. The molecule has 4 rings (SSSR count). The van der Waals surface area contributed by atoms with E-state index in [9.17, 15) is 9.18 Å². The Labute approximate surface area is 146 Å². The molecule has 1 amide bonds. The SMILES string of the molecule is O=C(N[C@@H]1C[C@H]2CCN(C2)C1)c1ccc(Oc2ccccc2F)cc1. The van der Waals surface area contributed by atoms with Crippen LogP contribution in [0, 0.1) is 11.7 Å². The number of nitrogens with one attached hydrogen (secondary N) is 1. The lowest BCUT2D eigenvalue weighted by Crippen LogP contribution is -2.46. The quantitative estimate of drug-likeness (QED) is 0.927. The number of para-hydroxylation sites is 1. The summed E-state index contributed by atoms with van der Waals surface area (Å²) in [6, 6.07) is 13.3. The lowest BCUT2D eigenvalue weighted by molar-refractivity contribution is 0.0909. The molecular weight excluding hydrogens is 319 g/mol. The van der Waals surface area contributed by atoms with Crippen molar-refractivity contribution < 1.29 is 13.9 Å². The van der Waals surface area contributed by atoms with Crippen molar-refractivity contribution >= 4 is 5.91 Å². The third kappa shape index (κ3) is 3.66. The molecule has 2 bridgehead atoms. The highest BCUT2D eigenvalue weighted by Gasteiger charge is 2.32. The first-order valence-electron chi connectivity index (χ1n) is 8.73. The van der Waals surface area contributed by atoms with Crippen LogP contribution < -0.4 is 10.1 Å². The van der Waals surface area contributed by atoms with Crippen molar-refractivity contribution in [2.24, 2.45) is 5.92 Å². The molecule has 2 aliphatic heterocycles. The van der Waals surface area contributed by atoms with Crippen LogP contribution >= 0.6 is 0 Å². The first-order chi connectivity index (χ1) is 12.2. The minimum atomic E-state index is -0.411. The van der Waals surface area contributed by atoms with E-state index in [1.165, 1.54) is 19.0 Å². The number of ether oxygens (including phenoxy) is 1. The van der Waals surface area contributed by atoms with Crippen LogP contribution in [0.15, 0.2) is 48.5 Å². The lowest BCUT2D eigenvalue weighted by atomic mass is 9.96. The molecule has 1 unspecified atom stereocenters. The fourth-order valence-electron chi connectivity index (χ4n) is 3.76. The molecule has 2 aromatic rings. The van der Waals surface area contributed by atoms with Crippen LogP contribution in [-0.2, 0) is 0 Å². The molecular formula is C20H21FN2O2. The number of nitrogens with zero attached hydrogens (tertiary/aromatic N) is 1. The molecule has 0 aliphatic carbocycles. The van der Waals surface area contributed by atoms with E-state index in [4.69, 9.17) is 4.74 Å². The monoisotopic (exact) mass is 340 g/mol. The third-order valence-corrected chi connectivity index (χ3v) is 4.98. The third-order valence-electron chi connectivity index (χ3n) is 4.98. The number of amides is 1. The van der Waals surface area contributed by atoms with Crippen LogP contribution in [-0.4, -0.2) is 36.5 Å². The van der Waals surface area contributed by atoms with Gasteiger partial charge in [0.1, 0.15) is 5.75 Å². The fraction of sp³-hybridized carbons (Fsp3) is 0.350. The number of rotatable bonds is 4. The summed E-state index contributed by atoms with van der Waals surface area (Å²) in [5.74, 6) is 0.918. The van der Waals surface area contributed by atoms with E-state index in [-0.39, 0.29) is 17.7 Å². The number of hydrogen-bond donors (Lipinski definition) is 1. The predicted octanol–water partition coefficient (Wildman–Crippen LogP) is 3.44. The Morgan fingerprint density at radius 2 is 1.92 bits per heavy atom. The maximum absolute atomic E-state index is 13.6. The second-order valence-corrected chi connectivity index (χ2v) is 6.88. The molecule has 2 heterocycles. The maximum Gasteiger partial charge on any atom is 0.251 e. The van der Waals surface area contributed by atoms with Crippen LogP contribution in [0.1, 0.15) is 23.2 Å². The van der Waals surface area contributed by atoms with Gasteiger partial charge in [-0.15, -0.1) is 0 Å². The van der Waals surface area contributed by atoms with E-state index < -0.39 is 5.82 Å². The second kappa shape index (κ2) is 6.84. The first kappa shape index (κ1) is 16.1. The van der Waals surface area contributed by atoms with E-state index >= 15 is 0 Å². The highest BCUT2D eigenvalue weighted by atomic mass is 19.1. The number of hydrogen-bond acceptors (Lipinski definition) is 3. The van der Waals surface area contributed by atoms with Gasteiger partial charge in [-0.1, -0.05) is 12.1 Å². The molecule has 2 fully saturated rings. The molecule has 1 N–H and O–H groups in total. The van der Waals surface area contributed by atoms with E-state index in [1.807, 2.05) is 0 Å². The van der Waals surface area contributed by atoms with Gasteiger partial charge in [0.25, 0.3) is 5.91 Å². The second-order valence-electron chi connectivity index (χ2n) is 6.88. The molecule has 0 radical (unpaired) electrons. The Morgan fingerprint density at radius 1 is 1.12 bits per heavy atom. The average molecular weight is 340 g/mol. The molecule has 0 spiro atoms. The van der Waals surface area contributed by atoms with Crippen molar-refractivity contribution in [3.8, 4) is 11.5 Å². The molecule has 130 valence electrons. The highest BCUT2D eigenvalue weighted by molar-refractivity contribution is 5.94. The number of carbonyl (C=O) groups excluding carboxylic acids is 1. The van der Waals surface area contributed by atoms with Crippen molar-refractivity contribution in [2.75, 3.05) is 19.6 Å². The average Bonchev–Trinajstić information content (AvgIpc) is 2.96. The minimum Gasteiger partial charge on any atom is -0.454 e. The fourth-order valence-corrected chi connectivity index (χ4v) is 3.76. The summed E-state index contributed by atoms with van der Waals surface area (Å²) in [5.41, 5.74) is 0.591. The summed E-state index contributed by atoms with van der Waals surface area (Å²) in [4.78, 5) is 14.9. The van der Waals surface area contributed by atoms with Crippen LogP contribution in [0.2, 0.25) is 0 Å². The lowest BCUT2D eigenvalue weighted by Gasteiger charge is -2.30. The van der Waals surface area contributed by atoms with Crippen LogP contribution in [0.4, 0.5) is 4.39 Å². The van der Waals surface area contributed by atoms with Crippen LogP contribution in [0.25, 0.3) is 0 Å². The number of halogens is 1. The zero-order valence-electron chi connectivity index (χ0n) is 14.0. The van der Waals surface area contributed by atoms with Gasteiger partial charge in [0.15, 0.2) is 11.6 Å². The summed E-state index contributed by atoms with van der Waals surface area (Å²) in [6.07, 6.45) is 2.31. The van der Waals surface area contributed by atoms with Crippen molar-refractivity contribution in [1.82, 2.24) is 10.2 Å². The first-order valence-corrected chi connectivity index (χ1v) is 8.73. The normalized spacial score (nSPS) is 24.8. The zero-order valence-corrected chi connectivity index (χ0v) is 14.0. The molecule has 2 aliphatic rings. The minimum absolute atomic E-state index is 0.0649.